The van der Waals surface area contributed by atoms with Gasteiger partial charge in [0.15, 0.2) is 23.0 Å². The number of oxazole rings is 1. The summed E-state index contributed by atoms with van der Waals surface area (Å²) in [5.74, 6) is 2.69. The Bertz CT molecular complexity index is 1230. The topological polar surface area (TPSA) is 93.9 Å². The number of hydrogen-bond donors (Lipinski definition) is 1. The van der Waals surface area contributed by atoms with Crippen LogP contribution in [-0.2, 0) is 16.0 Å². The van der Waals surface area contributed by atoms with Gasteiger partial charge < -0.3 is 24.1 Å². The Morgan fingerprint density at radius 3 is 2.74 bits per heavy atom. The van der Waals surface area contributed by atoms with Crippen molar-refractivity contribution in [2.45, 2.75) is 56.4 Å². The lowest BCUT2D eigenvalue weighted by Gasteiger charge is -2.33. The smallest absolute Gasteiger partial charge is 0.231 e. The van der Waals surface area contributed by atoms with Gasteiger partial charge in [-0.25, -0.2) is 4.98 Å². The van der Waals surface area contributed by atoms with Gasteiger partial charge in [0.05, 0.1) is 0 Å². The zero-order valence-corrected chi connectivity index (χ0v) is 19.6. The van der Waals surface area contributed by atoms with E-state index in [0.717, 1.165) is 53.3 Å². The molecular weight excluding hydrogens is 446 g/mol. The Hall–Kier alpha value is -3.55. The number of aromatic nitrogens is 1. The number of nitrogens with one attached hydrogen (secondary N) is 1. The first-order valence-electron chi connectivity index (χ1n) is 12.4. The lowest BCUT2D eigenvalue weighted by Crippen LogP contribution is -2.45. The second-order valence-electron chi connectivity index (χ2n) is 9.87. The van der Waals surface area contributed by atoms with Crippen LogP contribution in [0.4, 0.5) is 0 Å². The highest BCUT2D eigenvalue weighted by atomic mass is 16.7. The average molecular weight is 476 g/mol. The summed E-state index contributed by atoms with van der Waals surface area (Å²) in [5, 5.41) is 3.18. The Labute approximate surface area is 203 Å². The van der Waals surface area contributed by atoms with Crippen molar-refractivity contribution in [1.82, 2.24) is 15.2 Å². The van der Waals surface area contributed by atoms with Gasteiger partial charge in [-0.05, 0) is 61.9 Å². The Kier molecular flexibility index (Phi) is 5.59. The molecule has 1 aromatic heterocycles. The van der Waals surface area contributed by atoms with Gasteiger partial charge >= 0.3 is 0 Å². The maximum atomic E-state index is 13.1. The van der Waals surface area contributed by atoms with Crippen molar-refractivity contribution >= 4 is 22.9 Å². The summed E-state index contributed by atoms with van der Waals surface area (Å²) >= 11 is 0. The largest absolute Gasteiger partial charge is 0.454 e. The average Bonchev–Trinajstić information content (AvgIpc) is 3.61. The first kappa shape index (κ1) is 21.9. The minimum Gasteiger partial charge on any atom is -0.454 e. The number of para-hydroxylation sites is 2. The van der Waals surface area contributed by atoms with Crippen LogP contribution >= 0.6 is 0 Å². The highest BCUT2D eigenvalue weighted by Gasteiger charge is 2.39. The summed E-state index contributed by atoms with van der Waals surface area (Å²) in [6.45, 7) is 1.63. The van der Waals surface area contributed by atoms with Crippen molar-refractivity contribution in [1.29, 1.82) is 0 Å². The first-order chi connectivity index (χ1) is 17.1. The number of rotatable bonds is 6. The van der Waals surface area contributed by atoms with E-state index in [1.54, 1.807) is 0 Å². The van der Waals surface area contributed by atoms with E-state index in [4.69, 9.17) is 13.9 Å². The highest BCUT2D eigenvalue weighted by Crippen LogP contribution is 2.36. The summed E-state index contributed by atoms with van der Waals surface area (Å²) in [4.78, 5) is 31.9. The van der Waals surface area contributed by atoms with E-state index in [2.05, 4.69) is 10.3 Å². The molecule has 1 N–H and O–H groups in total. The van der Waals surface area contributed by atoms with Crippen molar-refractivity contribution in [2.24, 2.45) is 0 Å². The zero-order chi connectivity index (χ0) is 23.8. The molecule has 1 atom stereocenters. The van der Waals surface area contributed by atoms with Gasteiger partial charge in [-0.2, -0.15) is 0 Å². The molecule has 0 spiro atoms. The summed E-state index contributed by atoms with van der Waals surface area (Å²) in [6, 6.07) is 13.7. The van der Waals surface area contributed by atoms with Crippen molar-refractivity contribution in [3.05, 3.63) is 53.9 Å². The van der Waals surface area contributed by atoms with E-state index in [9.17, 15) is 9.59 Å². The molecule has 0 bridgehead atoms. The van der Waals surface area contributed by atoms with Crippen LogP contribution in [-0.4, -0.2) is 47.1 Å². The normalized spacial score (nSPS) is 22.1. The van der Waals surface area contributed by atoms with Crippen molar-refractivity contribution in [3.63, 3.8) is 0 Å². The summed E-state index contributed by atoms with van der Waals surface area (Å²) in [6.07, 6.45) is 4.62. The molecule has 8 nitrogen and oxygen atoms in total. The molecule has 8 heteroatoms. The molecule has 3 aliphatic rings. The fourth-order valence-electron chi connectivity index (χ4n) is 5.57. The number of carbonyl (C=O) groups is 2. The Morgan fingerprint density at radius 1 is 1.11 bits per heavy atom. The molecule has 0 aliphatic carbocycles. The number of nitrogens with zero attached hydrogens (tertiary/aromatic N) is 2. The lowest BCUT2D eigenvalue weighted by atomic mass is 9.84. The number of likely N-dealkylation sites (tertiary alicyclic amines) is 1. The summed E-state index contributed by atoms with van der Waals surface area (Å²) in [5.41, 5.74) is 2.36. The third kappa shape index (κ3) is 4.45. The molecule has 2 amide bonds. The third-order valence-electron chi connectivity index (χ3n) is 7.54. The van der Waals surface area contributed by atoms with Crippen LogP contribution < -0.4 is 14.8 Å². The lowest BCUT2D eigenvalue weighted by molar-refractivity contribution is -0.133. The van der Waals surface area contributed by atoms with Crippen molar-refractivity contribution < 1.29 is 23.5 Å². The standard InChI is InChI=1S/C27H29N3O5/c31-24-7-11-27(29-24,16-18-5-6-22-23(15-18)34-17-33-22)12-8-25(32)30-13-9-19(10-14-30)26-28-20-3-1-2-4-21(20)35-26/h1-6,15,19H,7-14,16-17H2,(H,29,31). The van der Waals surface area contributed by atoms with Gasteiger partial charge in [-0.1, -0.05) is 18.2 Å². The van der Waals surface area contributed by atoms with Gasteiger partial charge in [0.2, 0.25) is 18.6 Å². The van der Waals surface area contributed by atoms with Crippen molar-refractivity contribution in [3.8, 4) is 11.5 Å². The van der Waals surface area contributed by atoms with Crippen LogP contribution in [0.2, 0.25) is 0 Å². The molecule has 4 heterocycles. The predicted octanol–water partition coefficient (Wildman–Crippen LogP) is 3.93. The molecule has 35 heavy (non-hydrogen) atoms. The fraction of sp³-hybridized carbons (Fsp3) is 0.444. The Morgan fingerprint density at radius 2 is 1.94 bits per heavy atom. The maximum absolute atomic E-state index is 13.1. The second kappa shape index (κ2) is 8.91. The van der Waals surface area contributed by atoms with Gasteiger partial charge in [-0.15, -0.1) is 0 Å². The van der Waals surface area contributed by atoms with Crippen LogP contribution in [0, 0.1) is 0 Å². The number of hydrogen-bond acceptors (Lipinski definition) is 6. The number of amides is 2. The number of carbonyl (C=O) groups excluding carboxylic acids is 2. The van der Waals surface area contributed by atoms with Gasteiger partial charge in [-0.3, -0.25) is 9.59 Å². The summed E-state index contributed by atoms with van der Waals surface area (Å²) < 4.78 is 16.9. The molecule has 1 unspecified atom stereocenters. The highest BCUT2D eigenvalue weighted by molar-refractivity contribution is 5.80. The fourth-order valence-corrected chi connectivity index (χ4v) is 5.57. The van der Waals surface area contributed by atoms with E-state index in [0.29, 0.717) is 38.8 Å². The molecule has 2 fully saturated rings. The minimum atomic E-state index is -0.406. The van der Waals surface area contributed by atoms with Crippen LogP contribution in [0.1, 0.15) is 55.9 Å². The van der Waals surface area contributed by atoms with Crippen LogP contribution in [0.5, 0.6) is 11.5 Å². The number of piperidine rings is 1. The quantitative estimate of drug-likeness (QED) is 0.581. The molecule has 6 rings (SSSR count). The van der Waals surface area contributed by atoms with Crippen LogP contribution in [0.3, 0.4) is 0 Å². The maximum Gasteiger partial charge on any atom is 0.231 e. The number of fused-ring (bicyclic) bond motifs is 2. The monoisotopic (exact) mass is 475 g/mol. The van der Waals surface area contributed by atoms with E-state index >= 15 is 0 Å². The van der Waals surface area contributed by atoms with E-state index in [-0.39, 0.29) is 24.5 Å². The molecule has 182 valence electrons. The van der Waals surface area contributed by atoms with Gasteiger partial charge in [0.25, 0.3) is 0 Å². The second-order valence-corrected chi connectivity index (χ2v) is 9.87. The van der Waals surface area contributed by atoms with E-state index in [1.807, 2.05) is 47.4 Å². The number of ether oxygens (including phenoxy) is 2. The minimum absolute atomic E-state index is 0.0531. The van der Waals surface area contributed by atoms with Gasteiger partial charge in [0, 0.05) is 37.4 Å². The predicted molar refractivity (Wildman–Crippen MR) is 128 cm³/mol. The van der Waals surface area contributed by atoms with E-state index in [1.165, 1.54) is 0 Å². The molecule has 3 aromatic rings. The zero-order valence-electron chi connectivity index (χ0n) is 19.6. The SMILES string of the molecule is O=C1CCC(CCC(=O)N2CCC(c3nc4ccccc4o3)CC2)(Cc2ccc3c(c2)OCO3)N1. The van der Waals surface area contributed by atoms with Crippen LogP contribution in [0.25, 0.3) is 11.1 Å². The van der Waals surface area contributed by atoms with E-state index < -0.39 is 5.54 Å². The summed E-state index contributed by atoms with van der Waals surface area (Å²) in [7, 11) is 0. The molecule has 2 saturated heterocycles. The molecule has 0 saturated carbocycles. The van der Waals surface area contributed by atoms with Gasteiger partial charge in [0.1, 0.15) is 5.52 Å². The molecule has 2 aromatic carbocycles. The number of benzene rings is 2. The molecule has 3 aliphatic heterocycles. The Balaban J connectivity index is 1.07. The molecule has 0 radical (unpaired) electrons. The van der Waals surface area contributed by atoms with Crippen molar-refractivity contribution in [2.75, 3.05) is 19.9 Å². The molecular formula is C27H29N3O5. The van der Waals surface area contributed by atoms with Crippen LogP contribution in [0.15, 0.2) is 46.9 Å². The first-order valence-corrected chi connectivity index (χ1v) is 12.4. The third-order valence-corrected chi connectivity index (χ3v) is 7.54.